The van der Waals surface area contributed by atoms with Crippen LogP contribution in [-0.2, 0) is 17.1 Å². The summed E-state index contributed by atoms with van der Waals surface area (Å²) in [5.41, 5.74) is -1.32. The topological polar surface area (TPSA) is 79.4 Å². The third kappa shape index (κ3) is 3.95. The summed E-state index contributed by atoms with van der Waals surface area (Å²) in [6.07, 6.45) is -5.59. The number of carboxylic acid groups (broad SMARTS) is 1. The van der Waals surface area contributed by atoms with E-state index in [1.807, 2.05) is 4.98 Å². The van der Waals surface area contributed by atoms with Crippen molar-refractivity contribution in [2.75, 3.05) is 0 Å². The van der Waals surface area contributed by atoms with Crippen molar-refractivity contribution in [2.45, 2.75) is 18.7 Å². The van der Waals surface area contributed by atoms with Crippen molar-refractivity contribution in [2.24, 2.45) is 0 Å². The van der Waals surface area contributed by atoms with Crippen molar-refractivity contribution < 1.29 is 27.8 Å². The molecule has 9 heteroatoms. The Balaban J connectivity index is 3.18. The number of halogens is 4. The average Bonchev–Trinajstić information content (AvgIpc) is 2.19. The number of nitrogens with one attached hydrogen (secondary N) is 1. The fraction of sp³-hybridized carbons (Fsp3) is 0.333. The van der Waals surface area contributed by atoms with Crippen molar-refractivity contribution >= 4 is 17.6 Å². The third-order valence-corrected chi connectivity index (χ3v) is 2.15. The molecule has 1 rings (SSSR count). The first-order chi connectivity index (χ1) is 8.23. The maximum atomic E-state index is 12.0. The minimum Gasteiger partial charge on any atom is -0.481 e. The zero-order chi connectivity index (χ0) is 13.9. The summed E-state index contributed by atoms with van der Waals surface area (Å²) in [5.74, 6) is -2.49. The number of carbonyl (C=O) groups is 1. The number of hydrogen-bond donors (Lipinski definition) is 2. The lowest BCUT2D eigenvalue weighted by Gasteiger charge is -2.12. The Morgan fingerprint density at radius 1 is 1.44 bits per heavy atom. The molecule has 0 aromatic carbocycles. The second-order valence-corrected chi connectivity index (χ2v) is 3.50. The molecule has 0 aliphatic heterocycles. The number of carboxylic acids is 1. The van der Waals surface area contributed by atoms with Gasteiger partial charge in [-0.05, 0) is 6.07 Å². The van der Waals surface area contributed by atoms with Crippen molar-refractivity contribution in [3.63, 3.8) is 0 Å². The second kappa shape index (κ2) is 5.30. The van der Waals surface area contributed by atoms with E-state index in [9.17, 15) is 22.8 Å². The Morgan fingerprint density at radius 2 is 2.06 bits per heavy atom. The molecule has 0 saturated heterocycles. The van der Waals surface area contributed by atoms with E-state index >= 15 is 0 Å². The summed E-state index contributed by atoms with van der Waals surface area (Å²) in [5, 5.41) is 8.51. The fourth-order valence-corrected chi connectivity index (χ4v) is 1.40. The highest BCUT2D eigenvalue weighted by Crippen LogP contribution is 2.24. The van der Waals surface area contributed by atoms with Crippen molar-refractivity contribution in [3.05, 3.63) is 27.5 Å². The molecule has 0 bridgehead atoms. The summed E-state index contributed by atoms with van der Waals surface area (Å²) >= 11 is 5.40. The number of hydrogen-bond acceptors (Lipinski definition) is 3. The fourth-order valence-electron chi connectivity index (χ4n) is 1.21. The van der Waals surface area contributed by atoms with Crippen LogP contribution in [0.25, 0.3) is 0 Å². The Labute approximate surface area is 103 Å². The number of aliphatic carboxylic acids is 1. The molecular formula is C9H7ClF3NO4. The first-order valence-electron chi connectivity index (χ1n) is 4.51. The minimum absolute atomic E-state index is 0.148. The summed E-state index contributed by atoms with van der Waals surface area (Å²) in [6, 6.07) is 0.973. The molecule has 0 aliphatic carbocycles. The smallest absolute Gasteiger partial charge is 0.481 e. The van der Waals surface area contributed by atoms with E-state index < -0.39 is 30.2 Å². The number of rotatable bonds is 4. The number of H-pyrrole nitrogens is 1. The van der Waals surface area contributed by atoms with E-state index in [4.69, 9.17) is 16.7 Å². The molecule has 0 spiro atoms. The van der Waals surface area contributed by atoms with Crippen LogP contribution < -0.4 is 10.3 Å². The lowest BCUT2D eigenvalue weighted by molar-refractivity contribution is -0.276. The molecule has 0 aliphatic rings. The molecule has 0 amide bonds. The van der Waals surface area contributed by atoms with E-state index in [0.29, 0.717) is 0 Å². The van der Waals surface area contributed by atoms with E-state index in [-0.39, 0.29) is 17.0 Å². The number of pyridine rings is 1. The van der Waals surface area contributed by atoms with Gasteiger partial charge in [-0.15, -0.1) is 24.8 Å². The van der Waals surface area contributed by atoms with Gasteiger partial charge in [0.05, 0.1) is 12.3 Å². The third-order valence-electron chi connectivity index (χ3n) is 1.86. The Hall–Kier alpha value is -1.70. The van der Waals surface area contributed by atoms with Crippen LogP contribution in [0.3, 0.4) is 0 Å². The zero-order valence-electron chi connectivity index (χ0n) is 8.68. The van der Waals surface area contributed by atoms with Gasteiger partial charge >= 0.3 is 12.3 Å². The van der Waals surface area contributed by atoms with Crippen molar-refractivity contribution in [1.82, 2.24) is 4.98 Å². The SMILES string of the molecule is O=C(O)Cc1cc(CCl)c(OC(F)(F)F)[nH]c1=O. The van der Waals surface area contributed by atoms with Crippen LogP contribution in [-0.4, -0.2) is 22.4 Å². The van der Waals surface area contributed by atoms with Gasteiger partial charge in [-0.2, -0.15) is 0 Å². The average molecular weight is 286 g/mol. The van der Waals surface area contributed by atoms with Gasteiger partial charge < -0.3 is 9.84 Å². The summed E-state index contributed by atoms with van der Waals surface area (Å²) < 4.78 is 39.6. The predicted octanol–water partition coefficient (Wildman–Crippen LogP) is 1.64. The molecule has 1 heterocycles. The second-order valence-electron chi connectivity index (χ2n) is 3.23. The monoisotopic (exact) mass is 285 g/mol. The molecule has 0 saturated carbocycles. The highest BCUT2D eigenvalue weighted by Gasteiger charge is 2.32. The van der Waals surface area contributed by atoms with Crippen LogP contribution in [0.15, 0.2) is 10.9 Å². The van der Waals surface area contributed by atoms with Gasteiger partial charge in [-0.3, -0.25) is 14.6 Å². The Bertz CT molecular complexity index is 512. The van der Waals surface area contributed by atoms with Crippen molar-refractivity contribution in [3.8, 4) is 5.88 Å². The molecule has 1 aromatic heterocycles. The minimum atomic E-state index is -4.97. The largest absolute Gasteiger partial charge is 0.574 e. The van der Waals surface area contributed by atoms with Crippen LogP contribution >= 0.6 is 11.6 Å². The number of alkyl halides is 4. The molecule has 0 fully saturated rings. The van der Waals surface area contributed by atoms with E-state index in [1.54, 1.807) is 0 Å². The van der Waals surface area contributed by atoms with Gasteiger partial charge in [0.2, 0.25) is 5.88 Å². The van der Waals surface area contributed by atoms with Crippen LogP contribution in [0, 0.1) is 0 Å². The van der Waals surface area contributed by atoms with Crippen LogP contribution in [0.2, 0.25) is 0 Å². The molecule has 2 N–H and O–H groups in total. The molecule has 5 nitrogen and oxygen atoms in total. The maximum Gasteiger partial charge on any atom is 0.574 e. The van der Waals surface area contributed by atoms with E-state index in [2.05, 4.69) is 4.74 Å². The highest BCUT2D eigenvalue weighted by atomic mass is 35.5. The molecule has 1 aromatic rings. The molecular weight excluding hydrogens is 279 g/mol. The standard InChI is InChI=1S/C9H7ClF3NO4/c10-3-5-1-4(2-6(15)16)7(17)14-8(5)18-9(11,12)13/h1H,2-3H2,(H,14,17)(H,15,16). The van der Waals surface area contributed by atoms with Crippen LogP contribution in [0.4, 0.5) is 13.2 Å². The number of aromatic nitrogens is 1. The number of aromatic amines is 1. The van der Waals surface area contributed by atoms with Gasteiger partial charge in [0.25, 0.3) is 5.56 Å². The van der Waals surface area contributed by atoms with Gasteiger partial charge in [0.15, 0.2) is 0 Å². The lowest BCUT2D eigenvalue weighted by atomic mass is 10.1. The van der Waals surface area contributed by atoms with Gasteiger partial charge in [0, 0.05) is 11.1 Å². The molecule has 0 atom stereocenters. The van der Waals surface area contributed by atoms with Gasteiger partial charge in [-0.25, -0.2) is 0 Å². The Kier molecular flexibility index (Phi) is 4.23. The summed E-state index contributed by atoms with van der Waals surface area (Å²) in [4.78, 5) is 23.6. The summed E-state index contributed by atoms with van der Waals surface area (Å²) in [6.45, 7) is 0. The zero-order valence-corrected chi connectivity index (χ0v) is 9.43. The Morgan fingerprint density at radius 3 is 2.50 bits per heavy atom. The maximum absolute atomic E-state index is 12.0. The van der Waals surface area contributed by atoms with E-state index in [0.717, 1.165) is 6.07 Å². The van der Waals surface area contributed by atoms with Crippen molar-refractivity contribution in [1.29, 1.82) is 0 Å². The number of ether oxygens (including phenoxy) is 1. The molecule has 0 unspecified atom stereocenters. The normalized spacial score (nSPS) is 11.3. The van der Waals surface area contributed by atoms with Gasteiger partial charge in [0.1, 0.15) is 0 Å². The van der Waals surface area contributed by atoms with Crippen LogP contribution in [0.1, 0.15) is 11.1 Å². The predicted molar refractivity (Wildman–Crippen MR) is 54.6 cm³/mol. The highest BCUT2D eigenvalue weighted by molar-refractivity contribution is 6.17. The molecule has 0 radical (unpaired) electrons. The quantitative estimate of drug-likeness (QED) is 0.824. The first-order valence-corrected chi connectivity index (χ1v) is 5.05. The van der Waals surface area contributed by atoms with E-state index in [1.165, 1.54) is 0 Å². The molecule has 100 valence electrons. The lowest BCUT2D eigenvalue weighted by Crippen LogP contribution is -2.23. The summed E-state index contributed by atoms with van der Waals surface area (Å²) in [7, 11) is 0. The molecule has 18 heavy (non-hydrogen) atoms. The van der Waals surface area contributed by atoms with Gasteiger partial charge in [-0.1, -0.05) is 0 Å². The van der Waals surface area contributed by atoms with Crippen LogP contribution in [0.5, 0.6) is 5.88 Å². The first kappa shape index (κ1) is 14.4.